The van der Waals surface area contributed by atoms with Crippen LogP contribution in [0.5, 0.6) is 0 Å². The van der Waals surface area contributed by atoms with E-state index in [2.05, 4.69) is 45.0 Å². The molecule has 1 aliphatic rings. The third-order valence-electron chi connectivity index (χ3n) is 4.68. The maximum atomic E-state index is 10.8. The second kappa shape index (κ2) is 5.44. The molecule has 3 unspecified atom stereocenters. The van der Waals surface area contributed by atoms with E-state index >= 15 is 0 Å². The molecule has 0 radical (unpaired) electrons. The summed E-state index contributed by atoms with van der Waals surface area (Å²) in [7, 11) is 0. The van der Waals surface area contributed by atoms with E-state index in [1.54, 1.807) is 0 Å². The van der Waals surface area contributed by atoms with Crippen LogP contribution in [0.25, 0.3) is 0 Å². The summed E-state index contributed by atoms with van der Waals surface area (Å²) in [5.41, 5.74) is 2.16. The van der Waals surface area contributed by atoms with Crippen molar-refractivity contribution in [3.63, 3.8) is 0 Å². The van der Waals surface area contributed by atoms with Gasteiger partial charge in [-0.25, -0.2) is 0 Å². The lowest BCUT2D eigenvalue weighted by Crippen LogP contribution is -2.43. The molecule has 1 aromatic rings. The number of hydrogen-bond donors (Lipinski definition) is 1. The van der Waals surface area contributed by atoms with Gasteiger partial charge in [0.15, 0.2) is 0 Å². The number of aliphatic hydroxyl groups is 1. The van der Waals surface area contributed by atoms with Gasteiger partial charge < -0.3 is 5.11 Å². The smallest absolute Gasteiger partial charge is 0.0713 e. The standard InChI is InChI=1S/C17H26O/c1-4-15-5-7-16(8-6-15)12-17(18)10-9-13(2)11-14(17)3/h5-8,13-14,18H,4,9-12H2,1-3H3. The van der Waals surface area contributed by atoms with Gasteiger partial charge in [-0.2, -0.15) is 0 Å². The molecule has 1 saturated carbocycles. The van der Waals surface area contributed by atoms with Crippen LogP contribution < -0.4 is 0 Å². The van der Waals surface area contributed by atoms with Gasteiger partial charge in [-0.3, -0.25) is 0 Å². The molecule has 1 nitrogen and oxygen atoms in total. The van der Waals surface area contributed by atoms with Crippen LogP contribution >= 0.6 is 0 Å². The van der Waals surface area contributed by atoms with Gasteiger partial charge in [0, 0.05) is 6.42 Å². The van der Waals surface area contributed by atoms with Gasteiger partial charge in [-0.05, 0) is 48.6 Å². The third-order valence-corrected chi connectivity index (χ3v) is 4.68. The number of benzene rings is 1. The van der Waals surface area contributed by atoms with E-state index in [4.69, 9.17) is 0 Å². The first-order valence-electron chi connectivity index (χ1n) is 7.33. The van der Waals surface area contributed by atoms with Crippen molar-refractivity contribution in [3.8, 4) is 0 Å². The van der Waals surface area contributed by atoms with E-state index in [1.165, 1.54) is 11.1 Å². The molecule has 0 spiro atoms. The molecule has 1 aromatic carbocycles. The highest BCUT2D eigenvalue weighted by molar-refractivity contribution is 5.24. The zero-order valence-corrected chi connectivity index (χ0v) is 11.9. The van der Waals surface area contributed by atoms with E-state index in [0.717, 1.165) is 38.0 Å². The lowest BCUT2D eigenvalue weighted by molar-refractivity contribution is -0.0522. The molecule has 0 bridgehead atoms. The van der Waals surface area contributed by atoms with Gasteiger partial charge in [0.05, 0.1) is 5.60 Å². The first kappa shape index (κ1) is 13.6. The first-order valence-corrected chi connectivity index (χ1v) is 7.33. The molecule has 2 rings (SSSR count). The van der Waals surface area contributed by atoms with Crippen LogP contribution in [0.4, 0.5) is 0 Å². The van der Waals surface area contributed by atoms with Crippen molar-refractivity contribution in [2.45, 2.75) is 58.5 Å². The average Bonchev–Trinajstić information content (AvgIpc) is 2.36. The van der Waals surface area contributed by atoms with E-state index in [-0.39, 0.29) is 0 Å². The largest absolute Gasteiger partial charge is 0.389 e. The van der Waals surface area contributed by atoms with Crippen molar-refractivity contribution in [1.29, 1.82) is 0 Å². The molecule has 1 N–H and O–H groups in total. The molecule has 0 aromatic heterocycles. The lowest BCUT2D eigenvalue weighted by Gasteiger charge is -2.41. The number of aryl methyl sites for hydroxylation is 1. The van der Waals surface area contributed by atoms with Gasteiger partial charge in [-0.15, -0.1) is 0 Å². The van der Waals surface area contributed by atoms with Crippen molar-refractivity contribution in [2.75, 3.05) is 0 Å². The molecule has 3 atom stereocenters. The van der Waals surface area contributed by atoms with Gasteiger partial charge in [-0.1, -0.05) is 45.0 Å². The summed E-state index contributed by atoms with van der Waals surface area (Å²) in [6.07, 6.45) is 5.16. The summed E-state index contributed by atoms with van der Waals surface area (Å²) in [5, 5.41) is 10.8. The fourth-order valence-electron chi connectivity index (χ4n) is 3.19. The summed E-state index contributed by atoms with van der Waals surface area (Å²) >= 11 is 0. The van der Waals surface area contributed by atoms with Crippen LogP contribution in [0.1, 0.15) is 51.2 Å². The van der Waals surface area contributed by atoms with E-state index in [0.29, 0.717) is 5.92 Å². The molecular formula is C17H26O. The molecule has 1 fully saturated rings. The minimum Gasteiger partial charge on any atom is -0.389 e. The van der Waals surface area contributed by atoms with Crippen molar-refractivity contribution < 1.29 is 5.11 Å². The predicted octanol–water partition coefficient (Wildman–Crippen LogP) is 3.98. The highest BCUT2D eigenvalue weighted by Crippen LogP contribution is 2.38. The maximum Gasteiger partial charge on any atom is 0.0713 e. The molecule has 0 amide bonds. The van der Waals surface area contributed by atoms with Crippen LogP contribution in [0, 0.1) is 11.8 Å². The van der Waals surface area contributed by atoms with Gasteiger partial charge in [0.25, 0.3) is 0 Å². The highest BCUT2D eigenvalue weighted by Gasteiger charge is 2.38. The zero-order valence-electron chi connectivity index (χ0n) is 11.9. The van der Waals surface area contributed by atoms with Gasteiger partial charge in [0.2, 0.25) is 0 Å². The minimum atomic E-state index is -0.486. The van der Waals surface area contributed by atoms with Crippen LogP contribution in [-0.4, -0.2) is 10.7 Å². The Morgan fingerprint density at radius 1 is 1.17 bits per heavy atom. The topological polar surface area (TPSA) is 20.2 Å². The van der Waals surface area contributed by atoms with Crippen LogP contribution in [0.3, 0.4) is 0 Å². The van der Waals surface area contributed by atoms with E-state index in [9.17, 15) is 5.11 Å². The summed E-state index contributed by atoms with van der Waals surface area (Å²) in [5.74, 6) is 1.18. The third kappa shape index (κ3) is 2.95. The van der Waals surface area contributed by atoms with Gasteiger partial charge in [0.1, 0.15) is 0 Å². The summed E-state index contributed by atoms with van der Waals surface area (Å²) < 4.78 is 0. The second-order valence-corrected chi connectivity index (χ2v) is 6.23. The molecule has 1 heteroatoms. The second-order valence-electron chi connectivity index (χ2n) is 6.23. The molecule has 0 aliphatic heterocycles. The van der Waals surface area contributed by atoms with Crippen molar-refractivity contribution in [3.05, 3.63) is 35.4 Å². The quantitative estimate of drug-likeness (QED) is 0.855. The normalized spacial score (nSPS) is 32.4. The SMILES string of the molecule is CCc1ccc(CC2(O)CCC(C)CC2C)cc1. The molecule has 0 saturated heterocycles. The molecule has 100 valence electrons. The lowest BCUT2D eigenvalue weighted by atomic mass is 9.70. The predicted molar refractivity (Wildman–Crippen MR) is 76.7 cm³/mol. The van der Waals surface area contributed by atoms with Crippen molar-refractivity contribution in [1.82, 2.24) is 0 Å². The Bertz CT molecular complexity index is 381. The fourth-order valence-corrected chi connectivity index (χ4v) is 3.19. The number of hydrogen-bond acceptors (Lipinski definition) is 1. The number of rotatable bonds is 3. The Hall–Kier alpha value is -0.820. The van der Waals surface area contributed by atoms with E-state index < -0.39 is 5.60 Å². The fraction of sp³-hybridized carbons (Fsp3) is 0.647. The maximum absolute atomic E-state index is 10.8. The van der Waals surface area contributed by atoms with Crippen LogP contribution in [-0.2, 0) is 12.8 Å². The monoisotopic (exact) mass is 246 g/mol. The Morgan fingerprint density at radius 2 is 1.78 bits per heavy atom. The first-order chi connectivity index (χ1) is 8.53. The Balaban J connectivity index is 2.07. The van der Waals surface area contributed by atoms with E-state index in [1.807, 2.05) is 0 Å². The average molecular weight is 246 g/mol. The molecule has 0 heterocycles. The zero-order chi connectivity index (χ0) is 13.2. The van der Waals surface area contributed by atoms with Crippen LogP contribution in [0.15, 0.2) is 24.3 Å². The molecule has 18 heavy (non-hydrogen) atoms. The Morgan fingerprint density at radius 3 is 2.33 bits per heavy atom. The summed E-state index contributed by atoms with van der Waals surface area (Å²) in [6.45, 7) is 6.68. The van der Waals surface area contributed by atoms with Gasteiger partial charge >= 0.3 is 0 Å². The molecular weight excluding hydrogens is 220 g/mol. The van der Waals surface area contributed by atoms with Crippen molar-refractivity contribution in [2.24, 2.45) is 11.8 Å². The minimum absolute atomic E-state index is 0.409. The summed E-state index contributed by atoms with van der Waals surface area (Å²) in [6, 6.07) is 8.74. The Kier molecular flexibility index (Phi) is 4.11. The van der Waals surface area contributed by atoms with Crippen molar-refractivity contribution >= 4 is 0 Å². The molecule has 1 aliphatic carbocycles. The van der Waals surface area contributed by atoms with Crippen LogP contribution in [0.2, 0.25) is 0 Å². The summed E-state index contributed by atoms with van der Waals surface area (Å²) in [4.78, 5) is 0. The highest BCUT2D eigenvalue weighted by atomic mass is 16.3. The Labute approximate surface area is 111 Å².